The van der Waals surface area contributed by atoms with Crippen molar-refractivity contribution in [3.8, 4) is 0 Å². The summed E-state index contributed by atoms with van der Waals surface area (Å²) in [5, 5.41) is 11.6. The van der Waals surface area contributed by atoms with Crippen molar-refractivity contribution in [2.45, 2.75) is 45.0 Å². The minimum Gasteiger partial charge on any atom is -0.325 e. The Kier molecular flexibility index (Phi) is 4.90. The van der Waals surface area contributed by atoms with E-state index in [1.54, 1.807) is 0 Å². The van der Waals surface area contributed by atoms with Crippen molar-refractivity contribution in [1.82, 2.24) is 14.8 Å². The number of amides is 1. The van der Waals surface area contributed by atoms with Crippen LogP contribution in [0.2, 0.25) is 0 Å². The van der Waals surface area contributed by atoms with Crippen LogP contribution in [0.1, 0.15) is 29.4 Å². The van der Waals surface area contributed by atoms with E-state index in [0.29, 0.717) is 0 Å². The Labute approximate surface area is 135 Å². The van der Waals surface area contributed by atoms with E-state index in [1.165, 1.54) is 17.3 Å². The molecule has 0 aliphatic heterocycles. The first-order valence-electron chi connectivity index (χ1n) is 7.21. The van der Waals surface area contributed by atoms with Crippen LogP contribution < -0.4 is 5.32 Å². The summed E-state index contributed by atoms with van der Waals surface area (Å²) < 4.78 is 1.89. The first-order chi connectivity index (χ1) is 10.3. The lowest BCUT2D eigenvalue weighted by Crippen LogP contribution is -2.23. The van der Waals surface area contributed by atoms with Crippen LogP contribution >= 0.6 is 11.8 Å². The first kappa shape index (κ1) is 16.5. The van der Waals surface area contributed by atoms with Crippen molar-refractivity contribution in [1.29, 1.82) is 0 Å². The van der Waals surface area contributed by atoms with E-state index in [4.69, 9.17) is 0 Å². The Balaban J connectivity index is 2.11. The minimum absolute atomic E-state index is 0.0271. The van der Waals surface area contributed by atoms with Gasteiger partial charge in [-0.05, 0) is 45.7 Å². The maximum Gasteiger partial charge on any atom is 0.237 e. The van der Waals surface area contributed by atoms with Crippen molar-refractivity contribution >= 4 is 23.4 Å². The highest BCUT2D eigenvalue weighted by Crippen LogP contribution is 2.25. The number of carbonyl (C=O) groups excluding carboxylic acids is 1. The molecule has 0 saturated carbocycles. The Bertz CT molecular complexity index is 685. The molecule has 1 heterocycles. The maximum atomic E-state index is 12.4. The van der Waals surface area contributed by atoms with Gasteiger partial charge >= 0.3 is 0 Å². The number of aromatic nitrogens is 3. The summed E-state index contributed by atoms with van der Waals surface area (Å²) in [5.74, 6) is 0.807. The van der Waals surface area contributed by atoms with Gasteiger partial charge in [0.25, 0.3) is 0 Å². The third kappa shape index (κ3) is 3.50. The Morgan fingerprint density at radius 2 is 1.77 bits per heavy atom. The molecule has 0 radical (unpaired) electrons. The molecule has 0 saturated heterocycles. The highest BCUT2D eigenvalue weighted by molar-refractivity contribution is 8.00. The average Bonchev–Trinajstić information content (AvgIpc) is 2.74. The molecule has 0 spiro atoms. The third-order valence-electron chi connectivity index (χ3n) is 3.63. The van der Waals surface area contributed by atoms with Crippen LogP contribution in [0.25, 0.3) is 0 Å². The molecule has 0 bridgehead atoms. The molecule has 2 rings (SSSR count). The SMILES string of the molecule is Cc1cc(C)c(NC(=O)C(C)Sc2nnc(C)n2C)c(C)c1. The molecule has 1 atom stereocenters. The van der Waals surface area contributed by atoms with Gasteiger partial charge < -0.3 is 9.88 Å². The molecule has 1 unspecified atom stereocenters. The quantitative estimate of drug-likeness (QED) is 0.880. The molecule has 1 amide bonds. The predicted octanol–water partition coefficient (Wildman–Crippen LogP) is 3.17. The van der Waals surface area contributed by atoms with Crippen LogP contribution in [-0.4, -0.2) is 25.9 Å². The highest BCUT2D eigenvalue weighted by atomic mass is 32.2. The summed E-state index contributed by atoms with van der Waals surface area (Å²) in [7, 11) is 1.90. The van der Waals surface area contributed by atoms with Gasteiger partial charge in [-0.3, -0.25) is 4.79 Å². The molecule has 1 N–H and O–H groups in total. The van der Waals surface area contributed by atoms with Gasteiger partial charge in [0.15, 0.2) is 5.16 Å². The second-order valence-electron chi connectivity index (χ2n) is 5.61. The number of nitrogens with zero attached hydrogens (tertiary/aromatic N) is 3. The lowest BCUT2D eigenvalue weighted by molar-refractivity contribution is -0.115. The van der Waals surface area contributed by atoms with E-state index in [1.807, 2.05) is 39.3 Å². The highest BCUT2D eigenvalue weighted by Gasteiger charge is 2.19. The van der Waals surface area contributed by atoms with Gasteiger partial charge in [0.1, 0.15) is 5.82 Å². The van der Waals surface area contributed by atoms with E-state index in [9.17, 15) is 4.79 Å². The zero-order valence-electron chi connectivity index (χ0n) is 13.9. The van der Waals surface area contributed by atoms with Crippen LogP contribution in [0.15, 0.2) is 17.3 Å². The Morgan fingerprint density at radius 1 is 1.18 bits per heavy atom. The van der Waals surface area contributed by atoms with Crippen LogP contribution in [0.3, 0.4) is 0 Å². The number of benzene rings is 1. The zero-order valence-corrected chi connectivity index (χ0v) is 14.7. The normalized spacial score (nSPS) is 12.3. The summed E-state index contributed by atoms with van der Waals surface area (Å²) in [5.41, 5.74) is 4.26. The summed E-state index contributed by atoms with van der Waals surface area (Å²) in [6.45, 7) is 9.85. The predicted molar refractivity (Wildman–Crippen MR) is 90.3 cm³/mol. The average molecular weight is 318 g/mol. The van der Waals surface area contributed by atoms with Crippen LogP contribution in [0, 0.1) is 27.7 Å². The van der Waals surface area contributed by atoms with Gasteiger partial charge in [0.2, 0.25) is 5.91 Å². The van der Waals surface area contributed by atoms with Gasteiger partial charge in [-0.2, -0.15) is 0 Å². The second-order valence-corrected chi connectivity index (χ2v) is 6.92. The summed E-state index contributed by atoms with van der Waals surface area (Å²) in [4.78, 5) is 12.4. The number of nitrogens with one attached hydrogen (secondary N) is 1. The second kappa shape index (κ2) is 6.52. The summed E-state index contributed by atoms with van der Waals surface area (Å²) in [6.07, 6.45) is 0. The molecule has 2 aromatic rings. The monoisotopic (exact) mass is 318 g/mol. The standard InChI is InChI=1S/C16H22N4OS/c1-9-7-10(2)14(11(3)8-9)17-15(21)12(4)22-16-19-18-13(5)20(16)6/h7-8,12H,1-6H3,(H,17,21). The zero-order chi connectivity index (χ0) is 16.4. The molecule has 22 heavy (non-hydrogen) atoms. The number of carbonyl (C=O) groups is 1. The van der Waals surface area contributed by atoms with Gasteiger partial charge in [0.05, 0.1) is 5.25 Å². The van der Waals surface area contributed by atoms with Gasteiger partial charge in [0, 0.05) is 12.7 Å². The van der Waals surface area contributed by atoms with Gasteiger partial charge in [-0.15, -0.1) is 10.2 Å². The molecule has 118 valence electrons. The number of hydrogen-bond donors (Lipinski definition) is 1. The fourth-order valence-corrected chi connectivity index (χ4v) is 3.16. The van der Waals surface area contributed by atoms with E-state index in [0.717, 1.165) is 27.8 Å². The van der Waals surface area contributed by atoms with E-state index < -0.39 is 0 Å². The van der Waals surface area contributed by atoms with E-state index in [2.05, 4.69) is 34.6 Å². The van der Waals surface area contributed by atoms with Crippen molar-refractivity contribution in [2.75, 3.05) is 5.32 Å². The maximum absolute atomic E-state index is 12.4. The number of hydrogen-bond acceptors (Lipinski definition) is 4. The molecular formula is C16H22N4OS. The molecule has 5 nitrogen and oxygen atoms in total. The molecule has 0 aliphatic rings. The molecular weight excluding hydrogens is 296 g/mol. The Morgan fingerprint density at radius 3 is 2.27 bits per heavy atom. The smallest absolute Gasteiger partial charge is 0.237 e. The summed E-state index contributed by atoms with van der Waals surface area (Å²) in [6, 6.07) is 4.15. The lowest BCUT2D eigenvalue weighted by atomic mass is 10.1. The molecule has 1 aromatic heterocycles. The van der Waals surface area contributed by atoms with Crippen molar-refractivity contribution < 1.29 is 4.79 Å². The lowest BCUT2D eigenvalue weighted by Gasteiger charge is -2.16. The number of anilines is 1. The van der Waals surface area contributed by atoms with Crippen LogP contribution in [0.4, 0.5) is 5.69 Å². The Hall–Kier alpha value is -1.82. The summed E-state index contributed by atoms with van der Waals surface area (Å²) >= 11 is 1.41. The van der Waals surface area contributed by atoms with Crippen molar-refractivity contribution in [3.05, 3.63) is 34.6 Å². The number of thioether (sulfide) groups is 1. The van der Waals surface area contributed by atoms with Crippen molar-refractivity contribution in [2.24, 2.45) is 7.05 Å². The van der Waals surface area contributed by atoms with Crippen LogP contribution in [-0.2, 0) is 11.8 Å². The third-order valence-corrected chi connectivity index (χ3v) is 4.76. The van der Waals surface area contributed by atoms with E-state index in [-0.39, 0.29) is 11.2 Å². The topological polar surface area (TPSA) is 59.8 Å². The van der Waals surface area contributed by atoms with E-state index >= 15 is 0 Å². The van der Waals surface area contributed by atoms with Crippen LogP contribution in [0.5, 0.6) is 0 Å². The van der Waals surface area contributed by atoms with Gasteiger partial charge in [-0.1, -0.05) is 29.5 Å². The largest absolute Gasteiger partial charge is 0.325 e. The fourth-order valence-electron chi connectivity index (χ4n) is 2.30. The minimum atomic E-state index is -0.248. The number of rotatable bonds is 4. The molecule has 1 aromatic carbocycles. The fraction of sp³-hybridized carbons (Fsp3) is 0.438. The molecule has 6 heteroatoms. The van der Waals surface area contributed by atoms with Gasteiger partial charge in [-0.25, -0.2) is 0 Å². The molecule has 0 aliphatic carbocycles. The first-order valence-corrected chi connectivity index (χ1v) is 8.09. The van der Waals surface area contributed by atoms with Crippen molar-refractivity contribution in [3.63, 3.8) is 0 Å². The number of aryl methyl sites for hydroxylation is 4. The molecule has 0 fully saturated rings.